The highest BCUT2D eigenvalue weighted by Crippen LogP contribution is 2.49. The monoisotopic (exact) mass is 323 g/mol. The van der Waals surface area contributed by atoms with Crippen LogP contribution in [0.3, 0.4) is 0 Å². The van der Waals surface area contributed by atoms with E-state index in [0.717, 1.165) is 46.7 Å². The molecule has 2 N–H and O–H groups in total. The SMILES string of the molecule is N#Cc1ccc(-c2ccc3c(c2)C2(CCCCC2)C(NO)=N3)s1. The van der Waals surface area contributed by atoms with Gasteiger partial charge in [0.15, 0.2) is 0 Å². The maximum atomic E-state index is 9.56. The van der Waals surface area contributed by atoms with Crippen LogP contribution in [0.1, 0.15) is 42.5 Å². The van der Waals surface area contributed by atoms with Gasteiger partial charge in [-0.3, -0.25) is 10.7 Å². The van der Waals surface area contributed by atoms with Gasteiger partial charge in [0.2, 0.25) is 0 Å². The first-order valence-electron chi connectivity index (χ1n) is 7.91. The first kappa shape index (κ1) is 14.4. The van der Waals surface area contributed by atoms with Crippen molar-refractivity contribution in [2.45, 2.75) is 37.5 Å². The van der Waals surface area contributed by atoms with Crippen molar-refractivity contribution in [2.24, 2.45) is 4.99 Å². The van der Waals surface area contributed by atoms with Gasteiger partial charge < -0.3 is 0 Å². The van der Waals surface area contributed by atoms with Crippen molar-refractivity contribution >= 4 is 22.9 Å². The van der Waals surface area contributed by atoms with E-state index in [1.165, 1.54) is 23.3 Å². The lowest BCUT2D eigenvalue weighted by Crippen LogP contribution is -2.42. The van der Waals surface area contributed by atoms with Gasteiger partial charge in [0, 0.05) is 4.88 Å². The zero-order chi connectivity index (χ0) is 15.9. The first-order valence-corrected chi connectivity index (χ1v) is 8.72. The van der Waals surface area contributed by atoms with Crippen molar-refractivity contribution in [3.8, 4) is 16.5 Å². The molecule has 0 amide bonds. The Morgan fingerprint density at radius 2 is 2.00 bits per heavy atom. The molecule has 1 spiro atoms. The van der Waals surface area contributed by atoms with Gasteiger partial charge in [-0.25, -0.2) is 4.99 Å². The summed E-state index contributed by atoms with van der Waals surface area (Å²) in [5.74, 6) is 0.688. The molecule has 1 aromatic heterocycles. The number of nitriles is 1. The molecule has 23 heavy (non-hydrogen) atoms. The molecule has 0 atom stereocenters. The molecule has 0 unspecified atom stereocenters. The van der Waals surface area contributed by atoms with Crippen molar-refractivity contribution in [1.29, 1.82) is 5.26 Å². The average Bonchev–Trinajstić information content (AvgIpc) is 3.19. The van der Waals surface area contributed by atoms with Crippen molar-refractivity contribution in [1.82, 2.24) is 5.48 Å². The quantitative estimate of drug-likeness (QED) is 0.759. The molecule has 0 saturated heterocycles. The van der Waals surface area contributed by atoms with Gasteiger partial charge in [-0.15, -0.1) is 11.3 Å². The van der Waals surface area contributed by atoms with E-state index in [-0.39, 0.29) is 5.41 Å². The van der Waals surface area contributed by atoms with Gasteiger partial charge >= 0.3 is 0 Å². The third-order valence-corrected chi connectivity index (χ3v) is 6.05. The summed E-state index contributed by atoms with van der Waals surface area (Å²) in [5, 5.41) is 18.6. The fourth-order valence-corrected chi connectivity index (χ4v) is 4.67. The van der Waals surface area contributed by atoms with Gasteiger partial charge in [0.1, 0.15) is 16.8 Å². The summed E-state index contributed by atoms with van der Waals surface area (Å²) in [6, 6.07) is 12.3. The zero-order valence-corrected chi connectivity index (χ0v) is 13.5. The standard InChI is InChI=1S/C18H17N3OS/c19-11-13-5-7-16(23-13)12-4-6-15-14(10-12)18(17(20-15)21-22)8-2-1-3-9-18/h4-7,10,22H,1-3,8-9H2,(H,20,21). The summed E-state index contributed by atoms with van der Waals surface area (Å²) >= 11 is 1.51. The van der Waals surface area contributed by atoms with Crippen LogP contribution in [0.25, 0.3) is 10.4 Å². The molecule has 0 radical (unpaired) electrons. The third kappa shape index (κ3) is 2.18. The molecular formula is C18H17N3OS. The minimum Gasteiger partial charge on any atom is -0.290 e. The summed E-state index contributed by atoms with van der Waals surface area (Å²) in [6.07, 6.45) is 5.59. The van der Waals surface area contributed by atoms with Crippen LogP contribution in [0.2, 0.25) is 0 Å². The van der Waals surface area contributed by atoms with Crippen molar-refractivity contribution < 1.29 is 5.21 Å². The Kier molecular flexibility index (Phi) is 3.44. The Labute approximate surface area is 139 Å². The number of nitrogens with one attached hydrogen (secondary N) is 1. The van der Waals surface area contributed by atoms with E-state index in [9.17, 15) is 5.21 Å². The lowest BCUT2D eigenvalue weighted by Gasteiger charge is -2.35. The number of hydrogen-bond donors (Lipinski definition) is 2. The average molecular weight is 323 g/mol. The Balaban J connectivity index is 1.81. The van der Waals surface area contributed by atoms with E-state index in [0.29, 0.717) is 5.84 Å². The predicted molar refractivity (Wildman–Crippen MR) is 91.3 cm³/mol. The molecule has 2 aromatic rings. The van der Waals surface area contributed by atoms with Crippen molar-refractivity contribution in [3.63, 3.8) is 0 Å². The fraction of sp³-hybridized carbons (Fsp3) is 0.333. The molecule has 2 aliphatic rings. The molecule has 2 heterocycles. The Morgan fingerprint density at radius 1 is 1.17 bits per heavy atom. The van der Waals surface area contributed by atoms with Gasteiger partial charge in [-0.2, -0.15) is 5.26 Å². The van der Waals surface area contributed by atoms with E-state index in [1.54, 1.807) is 0 Å². The molecule has 0 bridgehead atoms. The van der Waals surface area contributed by atoms with Crippen LogP contribution in [0.5, 0.6) is 0 Å². The number of rotatable bonds is 1. The predicted octanol–water partition coefficient (Wildman–Crippen LogP) is 4.51. The summed E-state index contributed by atoms with van der Waals surface area (Å²) < 4.78 is 0. The second kappa shape index (κ2) is 5.48. The number of aliphatic imine (C=N–C) groups is 1. The number of thiophene rings is 1. The molecule has 1 fully saturated rings. The highest BCUT2D eigenvalue weighted by atomic mass is 32.1. The third-order valence-electron chi connectivity index (χ3n) is 5.01. The molecule has 1 saturated carbocycles. The molecule has 1 aliphatic heterocycles. The molecule has 5 heteroatoms. The van der Waals surface area contributed by atoms with Gasteiger partial charge in [0.05, 0.1) is 11.1 Å². The van der Waals surface area contributed by atoms with E-state index >= 15 is 0 Å². The van der Waals surface area contributed by atoms with Crippen LogP contribution in [0, 0.1) is 11.3 Å². The van der Waals surface area contributed by atoms with Crippen LogP contribution < -0.4 is 5.48 Å². The maximum Gasteiger partial charge on any atom is 0.136 e. The number of hydrogen-bond acceptors (Lipinski definition) is 5. The van der Waals surface area contributed by atoms with Gasteiger partial charge in [-0.05, 0) is 48.2 Å². The van der Waals surface area contributed by atoms with Crippen molar-refractivity contribution in [3.05, 3.63) is 40.8 Å². The number of hydroxylamine groups is 1. The number of nitrogens with zero attached hydrogens (tertiary/aromatic N) is 2. The van der Waals surface area contributed by atoms with E-state index in [4.69, 9.17) is 5.26 Å². The van der Waals surface area contributed by atoms with E-state index in [2.05, 4.69) is 22.6 Å². The molecular weight excluding hydrogens is 306 g/mol. The molecule has 1 aliphatic carbocycles. The Morgan fingerprint density at radius 3 is 2.70 bits per heavy atom. The minimum absolute atomic E-state index is 0.173. The largest absolute Gasteiger partial charge is 0.290 e. The number of fused-ring (bicyclic) bond motifs is 2. The first-order chi connectivity index (χ1) is 11.3. The lowest BCUT2D eigenvalue weighted by molar-refractivity contribution is 0.218. The van der Waals surface area contributed by atoms with Crippen molar-refractivity contribution in [2.75, 3.05) is 0 Å². The summed E-state index contributed by atoms with van der Waals surface area (Å²) in [7, 11) is 0. The highest BCUT2D eigenvalue weighted by molar-refractivity contribution is 7.16. The smallest absolute Gasteiger partial charge is 0.136 e. The molecule has 4 nitrogen and oxygen atoms in total. The second-order valence-corrected chi connectivity index (χ2v) is 7.31. The minimum atomic E-state index is -0.173. The van der Waals surface area contributed by atoms with Gasteiger partial charge in [-0.1, -0.05) is 25.3 Å². The summed E-state index contributed by atoms with van der Waals surface area (Å²) in [5.41, 5.74) is 5.46. The normalized spacial score (nSPS) is 18.3. The summed E-state index contributed by atoms with van der Waals surface area (Å²) in [4.78, 5) is 6.43. The van der Waals surface area contributed by atoms with Crippen LogP contribution in [0.15, 0.2) is 35.3 Å². The van der Waals surface area contributed by atoms with Crippen LogP contribution in [-0.2, 0) is 5.41 Å². The molecule has 1 aromatic carbocycles. The van der Waals surface area contributed by atoms with Crippen LogP contribution >= 0.6 is 11.3 Å². The number of amidine groups is 1. The van der Waals surface area contributed by atoms with E-state index < -0.39 is 0 Å². The Bertz CT molecular complexity index is 825. The second-order valence-electron chi connectivity index (χ2n) is 6.22. The highest BCUT2D eigenvalue weighted by Gasteiger charge is 2.44. The Hall–Kier alpha value is -2.16. The maximum absolute atomic E-state index is 9.56. The topological polar surface area (TPSA) is 68.4 Å². The van der Waals surface area contributed by atoms with E-state index in [1.807, 2.05) is 24.3 Å². The molecule has 4 rings (SSSR count). The zero-order valence-electron chi connectivity index (χ0n) is 12.7. The number of benzene rings is 1. The van der Waals surface area contributed by atoms with Crippen LogP contribution in [-0.4, -0.2) is 11.0 Å². The van der Waals surface area contributed by atoms with Gasteiger partial charge in [0.25, 0.3) is 0 Å². The molecule has 116 valence electrons. The summed E-state index contributed by atoms with van der Waals surface area (Å²) in [6.45, 7) is 0. The fourth-order valence-electron chi connectivity index (χ4n) is 3.87. The van der Waals surface area contributed by atoms with Crippen LogP contribution in [0.4, 0.5) is 5.69 Å². The lowest BCUT2D eigenvalue weighted by atomic mass is 9.69.